The second kappa shape index (κ2) is 4.49. The highest BCUT2D eigenvalue weighted by Crippen LogP contribution is 2.09. The lowest BCUT2D eigenvalue weighted by atomic mass is 10.0. The van der Waals surface area contributed by atoms with Gasteiger partial charge in [-0.25, -0.2) is 0 Å². The third kappa shape index (κ3) is 1.95. The molecule has 1 aromatic carbocycles. The average Bonchev–Trinajstić information content (AvgIpc) is 2.39. The van der Waals surface area contributed by atoms with Crippen LogP contribution in [0.3, 0.4) is 0 Å². The number of fused-ring (bicyclic) bond motifs is 1. The van der Waals surface area contributed by atoms with E-state index in [0.29, 0.717) is 0 Å². The zero-order valence-electron chi connectivity index (χ0n) is 9.56. The third-order valence-corrected chi connectivity index (χ3v) is 3.59. The van der Waals surface area contributed by atoms with E-state index in [1.165, 1.54) is 20.4 Å². The van der Waals surface area contributed by atoms with E-state index in [4.69, 9.17) is 0 Å². The van der Waals surface area contributed by atoms with Gasteiger partial charge in [0.1, 0.15) is 0 Å². The standard InChI is InChI=1S/C15H12N.Al/c1-2-8-13-12(6-1)7-5-9-14(13)15-10-3-4-11-16-15;/h3-8,10-11H,1-2H2;. The summed E-state index contributed by atoms with van der Waals surface area (Å²) in [4.78, 5) is 4.47. The van der Waals surface area contributed by atoms with E-state index in [9.17, 15) is 0 Å². The van der Waals surface area contributed by atoms with E-state index in [2.05, 4.69) is 51.6 Å². The molecular weight excluding hydrogens is 221 g/mol. The minimum absolute atomic E-state index is 1.06. The Kier molecular flexibility index (Phi) is 2.84. The van der Waals surface area contributed by atoms with E-state index in [-0.39, 0.29) is 0 Å². The number of nitrogens with zero attached hydrogens (tertiary/aromatic N) is 1. The zero-order chi connectivity index (χ0) is 11.7. The topological polar surface area (TPSA) is 12.9 Å². The first-order valence-electron chi connectivity index (χ1n) is 5.86. The summed E-state index contributed by atoms with van der Waals surface area (Å²) in [7, 11) is 0. The Labute approximate surface area is 109 Å². The van der Waals surface area contributed by atoms with Crippen molar-refractivity contribution in [1.82, 2.24) is 4.98 Å². The summed E-state index contributed by atoms with van der Waals surface area (Å²) in [6.07, 6.45) is 8.76. The van der Waals surface area contributed by atoms with E-state index >= 15 is 0 Å². The van der Waals surface area contributed by atoms with Gasteiger partial charge in [0.05, 0.1) is 5.69 Å². The second-order valence-corrected chi connectivity index (χ2v) is 4.86. The molecule has 0 saturated heterocycles. The highest BCUT2D eigenvalue weighted by molar-refractivity contribution is 6.35. The molecule has 0 N–H and O–H groups in total. The van der Waals surface area contributed by atoms with Gasteiger partial charge < -0.3 is 0 Å². The summed E-state index contributed by atoms with van der Waals surface area (Å²) in [5, 5.41) is 2.67. The molecule has 1 aliphatic rings. The Morgan fingerprint density at radius 3 is 2.71 bits per heavy atom. The van der Waals surface area contributed by atoms with Gasteiger partial charge in [-0.3, -0.25) is 4.98 Å². The highest BCUT2D eigenvalue weighted by Gasteiger charge is 2.06. The van der Waals surface area contributed by atoms with Crippen LogP contribution in [-0.4, -0.2) is 21.3 Å². The molecule has 0 amide bonds. The first kappa shape index (κ1) is 10.8. The minimum atomic E-state index is 1.06. The molecule has 0 aliphatic heterocycles. The van der Waals surface area contributed by atoms with Crippen LogP contribution >= 0.6 is 0 Å². The molecule has 1 aromatic heterocycles. The first-order valence-corrected chi connectivity index (χ1v) is 6.44. The van der Waals surface area contributed by atoms with Gasteiger partial charge in [0.15, 0.2) is 16.3 Å². The summed E-state index contributed by atoms with van der Waals surface area (Å²) >= 11 is 2.82. The zero-order valence-corrected chi connectivity index (χ0v) is 10.7. The molecule has 0 unspecified atom stereocenters. The number of hydrogen-bond acceptors (Lipinski definition) is 1. The van der Waals surface area contributed by atoms with Crippen molar-refractivity contribution in [3.8, 4) is 11.3 Å². The Morgan fingerprint density at radius 2 is 1.88 bits per heavy atom. The SMILES string of the molecule is [Al][c]1ccc2c(c1-c1ccccn1)=CCCC=2. The Hall–Kier alpha value is -1.36. The number of pyridine rings is 1. The molecule has 0 atom stereocenters. The Bertz CT molecular complexity index is 659. The molecule has 80 valence electrons. The molecule has 2 radical (unpaired) electrons. The maximum absolute atomic E-state index is 4.47. The van der Waals surface area contributed by atoms with E-state index in [1.54, 1.807) is 0 Å². The maximum Gasteiger partial charge on any atom is 0.176 e. The lowest BCUT2D eigenvalue weighted by Crippen LogP contribution is -2.34. The van der Waals surface area contributed by atoms with Crippen molar-refractivity contribution in [2.75, 3.05) is 0 Å². The number of rotatable bonds is 1. The van der Waals surface area contributed by atoms with Crippen LogP contribution in [0.1, 0.15) is 12.8 Å². The predicted octanol–water partition coefficient (Wildman–Crippen LogP) is 0.897. The van der Waals surface area contributed by atoms with Gasteiger partial charge in [-0.05, 0) is 41.0 Å². The van der Waals surface area contributed by atoms with E-state index in [1.807, 2.05) is 18.3 Å². The molecule has 1 aliphatic carbocycles. The fourth-order valence-electron chi connectivity index (χ4n) is 2.31. The minimum Gasteiger partial charge on any atom is -0.256 e. The molecule has 0 bridgehead atoms. The van der Waals surface area contributed by atoms with Gasteiger partial charge in [0.25, 0.3) is 0 Å². The molecule has 3 rings (SSSR count). The number of benzene rings is 1. The van der Waals surface area contributed by atoms with Gasteiger partial charge in [-0.15, -0.1) is 4.43 Å². The van der Waals surface area contributed by atoms with Crippen molar-refractivity contribution in [3.05, 3.63) is 47.0 Å². The van der Waals surface area contributed by atoms with Gasteiger partial charge >= 0.3 is 0 Å². The molecule has 0 saturated carbocycles. The van der Waals surface area contributed by atoms with Crippen LogP contribution < -0.4 is 14.9 Å². The van der Waals surface area contributed by atoms with Gasteiger partial charge in [-0.2, -0.15) is 0 Å². The largest absolute Gasteiger partial charge is 0.256 e. The fraction of sp³-hybridized carbons (Fsp3) is 0.133. The monoisotopic (exact) mass is 233 g/mol. The normalized spacial score (nSPS) is 13.4. The quantitative estimate of drug-likeness (QED) is 0.667. The fourth-order valence-corrected chi connectivity index (χ4v) is 2.71. The lowest BCUT2D eigenvalue weighted by Gasteiger charge is -2.10. The van der Waals surface area contributed by atoms with Gasteiger partial charge in [-0.1, -0.05) is 30.4 Å². The number of hydrogen-bond donors (Lipinski definition) is 0. The highest BCUT2D eigenvalue weighted by atomic mass is 27.0. The van der Waals surface area contributed by atoms with Crippen LogP contribution in [0.15, 0.2) is 36.5 Å². The predicted molar refractivity (Wildman–Crippen MR) is 72.5 cm³/mol. The lowest BCUT2D eigenvalue weighted by molar-refractivity contribution is 1.12. The maximum atomic E-state index is 4.47. The van der Waals surface area contributed by atoms with Crippen LogP contribution in [-0.2, 0) is 0 Å². The third-order valence-electron chi connectivity index (χ3n) is 3.11. The Balaban J connectivity index is 2.38. The van der Waals surface area contributed by atoms with Crippen molar-refractivity contribution in [3.63, 3.8) is 0 Å². The van der Waals surface area contributed by atoms with Crippen LogP contribution in [0.4, 0.5) is 0 Å². The van der Waals surface area contributed by atoms with Crippen molar-refractivity contribution in [1.29, 1.82) is 0 Å². The smallest absolute Gasteiger partial charge is 0.176 e. The van der Waals surface area contributed by atoms with Gasteiger partial charge in [0, 0.05) is 6.20 Å². The van der Waals surface area contributed by atoms with Crippen molar-refractivity contribution >= 4 is 32.9 Å². The summed E-state index contributed by atoms with van der Waals surface area (Å²) in [6.45, 7) is 0. The molecule has 1 heterocycles. The Morgan fingerprint density at radius 1 is 1.00 bits per heavy atom. The summed E-state index contributed by atoms with van der Waals surface area (Å²) in [5.41, 5.74) is 2.31. The molecule has 0 spiro atoms. The molecule has 1 nitrogen and oxygen atoms in total. The van der Waals surface area contributed by atoms with E-state index < -0.39 is 0 Å². The molecular formula is C15H12AlN. The second-order valence-electron chi connectivity index (χ2n) is 4.23. The van der Waals surface area contributed by atoms with Crippen LogP contribution in [0.25, 0.3) is 23.4 Å². The van der Waals surface area contributed by atoms with E-state index in [0.717, 1.165) is 18.5 Å². The van der Waals surface area contributed by atoms with Crippen molar-refractivity contribution in [2.24, 2.45) is 0 Å². The van der Waals surface area contributed by atoms with Crippen molar-refractivity contribution < 1.29 is 0 Å². The van der Waals surface area contributed by atoms with Crippen LogP contribution in [0.2, 0.25) is 0 Å². The summed E-state index contributed by atoms with van der Waals surface area (Å²) in [6, 6.07) is 10.4. The molecule has 2 aromatic rings. The van der Waals surface area contributed by atoms with Crippen LogP contribution in [0.5, 0.6) is 0 Å². The molecule has 0 fully saturated rings. The average molecular weight is 233 g/mol. The molecule has 2 heteroatoms. The van der Waals surface area contributed by atoms with Crippen LogP contribution in [0, 0.1) is 0 Å². The molecule has 17 heavy (non-hydrogen) atoms. The first-order chi connectivity index (χ1) is 8.36. The number of aromatic nitrogens is 1. The summed E-state index contributed by atoms with van der Waals surface area (Å²) < 4.78 is 1.22. The van der Waals surface area contributed by atoms with Crippen molar-refractivity contribution in [2.45, 2.75) is 12.8 Å². The summed E-state index contributed by atoms with van der Waals surface area (Å²) in [5.74, 6) is 0. The van der Waals surface area contributed by atoms with Gasteiger partial charge in [0.2, 0.25) is 0 Å².